The van der Waals surface area contributed by atoms with Gasteiger partial charge in [0.15, 0.2) is 16.7 Å². The number of amides is 1. The standard InChI is InChI=1S/C20H16FN3O6S/c1-29-15-7-11(10-22-24-20-23-18(27)16(31-20)9-17(25)26)5-6-14(15)30-19(28)12-3-2-4-13(21)8-12/h2-8,10,16H,9H2,1H3,(H,25,26)(H,23,24,27). The van der Waals surface area contributed by atoms with Gasteiger partial charge in [0.05, 0.1) is 25.3 Å². The van der Waals surface area contributed by atoms with Gasteiger partial charge in [-0.1, -0.05) is 17.8 Å². The molecule has 0 aromatic heterocycles. The van der Waals surface area contributed by atoms with Crippen molar-refractivity contribution in [3.63, 3.8) is 0 Å². The Hall–Kier alpha value is -3.73. The second-order valence-corrected chi connectivity index (χ2v) is 7.34. The fourth-order valence-corrected chi connectivity index (χ4v) is 3.43. The van der Waals surface area contributed by atoms with Crippen molar-refractivity contribution in [3.8, 4) is 11.5 Å². The normalized spacial score (nSPS) is 17.0. The molecule has 0 radical (unpaired) electrons. The number of amidine groups is 1. The zero-order valence-corrected chi connectivity index (χ0v) is 16.9. The van der Waals surface area contributed by atoms with Gasteiger partial charge in [0, 0.05) is 0 Å². The lowest BCUT2D eigenvalue weighted by Gasteiger charge is -2.09. The van der Waals surface area contributed by atoms with Crippen molar-refractivity contribution < 1.29 is 33.4 Å². The van der Waals surface area contributed by atoms with Crippen LogP contribution in [0.5, 0.6) is 11.5 Å². The molecular weight excluding hydrogens is 429 g/mol. The van der Waals surface area contributed by atoms with E-state index in [0.717, 1.165) is 17.8 Å². The summed E-state index contributed by atoms with van der Waals surface area (Å²) in [5.74, 6) is -2.44. The maximum absolute atomic E-state index is 13.3. The Labute approximate surface area is 180 Å². The van der Waals surface area contributed by atoms with E-state index >= 15 is 0 Å². The van der Waals surface area contributed by atoms with Crippen molar-refractivity contribution >= 4 is 41.0 Å². The Kier molecular flexibility index (Phi) is 6.98. The Bertz CT molecular complexity index is 1090. The molecule has 0 saturated carbocycles. The molecule has 0 spiro atoms. The SMILES string of the molecule is COc1cc(C=NN=C2NC(=O)C(CC(=O)O)S2)ccc1OC(=O)c1cccc(F)c1. The molecule has 1 unspecified atom stereocenters. The minimum absolute atomic E-state index is 0.0563. The number of esters is 1. The number of carboxylic acids is 1. The lowest BCUT2D eigenvalue weighted by atomic mass is 10.2. The highest BCUT2D eigenvalue weighted by atomic mass is 32.2. The number of benzene rings is 2. The second kappa shape index (κ2) is 9.85. The molecule has 2 aromatic carbocycles. The van der Waals surface area contributed by atoms with Gasteiger partial charge >= 0.3 is 11.9 Å². The van der Waals surface area contributed by atoms with Crippen LogP contribution >= 0.6 is 11.8 Å². The van der Waals surface area contributed by atoms with Crippen LogP contribution in [0.2, 0.25) is 0 Å². The molecule has 1 heterocycles. The second-order valence-electron chi connectivity index (χ2n) is 6.15. The predicted octanol–water partition coefficient (Wildman–Crippen LogP) is 2.45. The molecule has 1 fully saturated rings. The monoisotopic (exact) mass is 445 g/mol. The number of hydrogen-bond donors (Lipinski definition) is 2. The first-order valence-electron chi connectivity index (χ1n) is 8.82. The molecule has 1 amide bonds. The molecular formula is C20H16FN3O6S. The maximum atomic E-state index is 13.3. The number of aliphatic carboxylic acids is 1. The van der Waals surface area contributed by atoms with Gasteiger partial charge in [-0.2, -0.15) is 5.10 Å². The highest BCUT2D eigenvalue weighted by molar-refractivity contribution is 8.15. The van der Waals surface area contributed by atoms with E-state index in [1.807, 2.05) is 0 Å². The molecule has 1 aliphatic heterocycles. The summed E-state index contributed by atoms with van der Waals surface area (Å²) in [5.41, 5.74) is 0.615. The van der Waals surface area contributed by atoms with Gasteiger partial charge in [0.1, 0.15) is 11.1 Å². The van der Waals surface area contributed by atoms with Crippen LogP contribution in [0.1, 0.15) is 22.3 Å². The van der Waals surface area contributed by atoms with Crippen LogP contribution in [0.15, 0.2) is 52.7 Å². The van der Waals surface area contributed by atoms with Crippen molar-refractivity contribution in [1.82, 2.24) is 5.32 Å². The highest BCUT2D eigenvalue weighted by Crippen LogP contribution is 2.28. The summed E-state index contributed by atoms with van der Waals surface area (Å²) in [5, 5.41) is 18.4. The molecule has 2 aromatic rings. The topological polar surface area (TPSA) is 127 Å². The molecule has 2 N–H and O–H groups in total. The Balaban J connectivity index is 1.68. The number of carboxylic acid groups (broad SMARTS) is 1. The minimum Gasteiger partial charge on any atom is -0.493 e. The molecule has 11 heteroatoms. The number of halogens is 1. The van der Waals surface area contributed by atoms with Crippen molar-refractivity contribution in [2.75, 3.05) is 7.11 Å². The van der Waals surface area contributed by atoms with Crippen molar-refractivity contribution in [2.24, 2.45) is 10.2 Å². The van der Waals surface area contributed by atoms with Crippen LogP contribution in [0.25, 0.3) is 0 Å². The van der Waals surface area contributed by atoms with E-state index in [9.17, 15) is 18.8 Å². The van der Waals surface area contributed by atoms with Gasteiger partial charge < -0.3 is 19.9 Å². The number of rotatable bonds is 7. The van der Waals surface area contributed by atoms with Gasteiger partial charge in [-0.05, 0) is 42.0 Å². The first-order chi connectivity index (χ1) is 14.9. The largest absolute Gasteiger partial charge is 0.493 e. The third kappa shape index (κ3) is 5.89. The lowest BCUT2D eigenvalue weighted by molar-refractivity contribution is -0.138. The van der Waals surface area contributed by atoms with Gasteiger partial charge in [0.2, 0.25) is 5.91 Å². The fraction of sp³-hybridized carbons (Fsp3) is 0.150. The van der Waals surface area contributed by atoms with Gasteiger partial charge in [-0.3, -0.25) is 9.59 Å². The predicted molar refractivity (Wildman–Crippen MR) is 111 cm³/mol. The average molecular weight is 445 g/mol. The zero-order valence-electron chi connectivity index (χ0n) is 16.1. The molecule has 9 nitrogen and oxygen atoms in total. The van der Waals surface area contributed by atoms with E-state index in [4.69, 9.17) is 14.6 Å². The van der Waals surface area contributed by atoms with Gasteiger partial charge in [-0.15, -0.1) is 5.10 Å². The number of methoxy groups -OCH3 is 1. The van der Waals surface area contributed by atoms with E-state index in [1.54, 1.807) is 12.1 Å². The Morgan fingerprint density at radius 3 is 2.77 bits per heavy atom. The highest BCUT2D eigenvalue weighted by Gasteiger charge is 2.32. The maximum Gasteiger partial charge on any atom is 0.343 e. The van der Waals surface area contributed by atoms with Crippen molar-refractivity contribution in [2.45, 2.75) is 11.7 Å². The van der Waals surface area contributed by atoms with E-state index < -0.39 is 28.9 Å². The first kappa shape index (κ1) is 22.0. The summed E-state index contributed by atoms with van der Waals surface area (Å²) in [6.45, 7) is 0. The Morgan fingerprint density at radius 2 is 2.06 bits per heavy atom. The molecule has 0 bridgehead atoms. The smallest absolute Gasteiger partial charge is 0.343 e. The third-order valence-corrected chi connectivity index (χ3v) is 5.01. The first-order valence-corrected chi connectivity index (χ1v) is 9.70. The number of carbonyl (C=O) groups is 3. The summed E-state index contributed by atoms with van der Waals surface area (Å²) < 4.78 is 23.8. The Morgan fingerprint density at radius 1 is 1.26 bits per heavy atom. The molecule has 31 heavy (non-hydrogen) atoms. The van der Waals surface area contributed by atoms with Crippen LogP contribution in [-0.4, -0.2) is 46.7 Å². The van der Waals surface area contributed by atoms with Crippen LogP contribution in [0.3, 0.4) is 0 Å². The number of nitrogens with zero attached hydrogens (tertiary/aromatic N) is 2. The molecule has 1 aliphatic rings. The number of hydrogen-bond acceptors (Lipinski definition) is 8. The van der Waals surface area contributed by atoms with Crippen molar-refractivity contribution in [3.05, 3.63) is 59.4 Å². The van der Waals surface area contributed by atoms with E-state index in [-0.39, 0.29) is 28.7 Å². The quantitative estimate of drug-likeness (QED) is 0.290. The molecule has 1 saturated heterocycles. The summed E-state index contributed by atoms with van der Waals surface area (Å²) in [6, 6.07) is 9.74. The van der Waals surface area contributed by atoms with Crippen LogP contribution in [0, 0.1) is 5.82 Å². The van der Waals surface area contributed by atoms with Gasteiger partial charge in [0.25, 0.3) is 0 Å². The number of thioether (sulfide) groups is 1. The zero-order chi connectivity index (χ0) is 22.4. The lowest BCUT2D eigenvalue weighted by Crippen LogP contribution is -2.26. The van der Waals surface area contributed by atoms with E-state index in [0.29, 0.717) is 5.56 Å². The van der Waals surface area contributed by atoms with Crippen LogP contribution in [0.4, 0.5) is 4.39 Å². The van der Waals surface area contributed by atoms with Crippen LogP contribution < -0.4 is 14.8 Å². The summed E-state index contributed by atoms with van der Waals surface area (Å²) in [6.07, 6.45) is 1.07. The fourth-order valence-electron chi connectivity index (χ4n) is 2.52. The third-order valence-electron chi connectivity index (χ3n) is 3.94. The van der Waals surface area contributed by atoms with E-state index in [2.05, 4.69) is 15.5 Å². The average Bonchev–Trinajstić information content (AvgIpc) is 3.07. The van der Waals surface area contributed by atoms with E-state index in [1.165, 1.54) is 37.6 Å². The number of nitrogens with one attached hydrogen (secondary N) is 1. The molecule has 1 atom stereocenters. The summed E-state index contributed by atoms with van der Waals surface area (Å²) in [7, 11) is 1.39. The molecule has 0 aliphatic carbocycles. The molecule has 3 rings (SSSR count). The summed E-state index contributed by atoms with van der Waals surface area (Å²) in [4.78, 5) is 34.6. The van der Waals surface area contributed by atoms with Crippen LogP contribution in [-0.2, 0) is 9.59 Å². The minimum atomic E-state index is -1.08. The number of carbonyl (C=O) groups excluding carboxylic acids is 2. The summed E-state index contributed by atoms with van der Waals surface area (Å²) >= 11 is 0.984. The number of ether oxygens (including phenoxy) is 2. The molecule has 160 valence electrons. The van der Waals surface area contributed by atoms with Crippen molar-refractivity contribution in [1.29, 1.82) is 0 Å². The van der Waals surface area contributed by atoms with Gasteiger partial charge in [-0.25, -0.2) is 9.18 Å².